The van der Waals surface area contributed by atoms with Crippen molar-refractivity contribution in [2.45, 2.75) is 44.8 Å². The van der Waals surface area contributed by atoms with Gasteiger partial charge in [-0.3, -0.25) is 0 Å². The summed E-state index contributed by atoms with van der Waals surface area (Å²) >= 11 is 6.06. The van der Waals surface area contributed by atoms with Crippen LogP contribution in [0.15, 0.2) is 24.4 Å². The monoisotopic (exact) mass is 412 g/mol. The minimum Gasteiger partial charge on any atom is -0.392 e. The highest BCUT2D eigenvalue weighted by atomic mass is 35.5. The van der Waals surface area contributed by atoms with Gasteiger partial charge in [0.05, 0.1) is 12.3 Å². The highest BCUT2D eigenvalue weighted by Gasteiger charge is 2.47. The second-order valence-electron chi connectivity index (χ2n) is 8.36. The average Bonchev–Trinajstić information content (AvgIpc) is 3.10. The highest BCUT2D eigenvalue weighted by molar-refractivity contribution is 6.30. The molecule has 2 aromatic rings. The van der Waals surface area contributed by atoms with Crippen molar-refractivity contribution in [1.82, 2.24) is 9.97 Å². The van der Waals surface area contributed by atoms with Crippen molar-refractivity contribution in [1.29, 1.82) is 5.26 Å². The van der Waals surface area contributed by atoms with Gasteiger partial charge in [0.2, 0.25) is 5.95 Å². The lowest BCUT2D eigenvalue weighted by Gasteiger charge is -2.49. The molecule has 2 heterocycles. The van der Waals surface area contributed by atoms with Gasteiger partial charge in [-0.2, -0.15) is 10.2 Å². The minimum atomic E-state index is -0.345. The van der Waals surface area contributed by atoms with Crippen LogP contribution < -0.4 is 16.0 Å². The number of aliphatic hydroxyl groups excluding tert-OH is 1. The number of halogens is 1. The molecule has 0 saturated heterocycles. The molecule has 0 spiro atoms. The second kappa shape index (κ2) is 7.69. The van der Waals surface area contributed by atoms with Crippen LogP contribution in [0.25, 0.3) is 0 Å². The molecule has 152 valence electrons. The fourth-order valence-electron chi connectivity index (χ4n) is 3.97. The van der Waals surface area contributed by atoms with E-state index in [0.29, 0.717) is 36.2 Å². The zero-order chi connectivity index (χ0) is 20.6. The predicted molar refractivity (Wildman–Crippen MR) is 114 cm³/mol. The van der Waals surface area contributed by atoms with Crippen molar-refractivity contribution in [3.05, 3.63) is 40.5 Å². The molecule has 8 heteroatoms. The van der Waals surface area contributed by atoms with Gasteiger partial charge in [-0.05, 0) is 30.5 Å². The van der Waals surface area contributed by atoms with Crippen molar-refractivity contribution < 1.29 is 5.11 Å². The van der Waals surface area contributed by atoms with E-state index in [9.17, 15) is 10.4 Å². The zero-order valence-corrected chi connectivity index (χ0v) is 17.3. The van der Waals surface area contributed by atoms with Gasteiger partial charge in [0.15, 0.2) is 0 Å². The molecule has 1 aliphatic carbocycles. The summed E-state index contributed by atoms with van der Waals surface area (Å²) < 4.78 is 0. The van der Waals surface area contributed by atoms with E-state index in [-0.39, 0.29) is 17.6 Å². The summed E-state index contributed by atoms with van der Waals surface area (Å²) in [5, 5.41) is 30.0. The number of anilines is 3. The summed E-state index contributed by atoms with van der Waals surface area (Å²) in [6.07, 6.45) is 2.76. The Morgan fingerprint density at radius 3 is 2.97 bits per heavy atom. The standard InChI is InChI=1S/C21H25ClN6O/c1-21(2)17(8-18(21)29)27-19-13(9-23)11-26-20(28-19)24-6-5-12-10-25-16-7-14(22)3-4-15(12)16/h3-4,7,11-12,17-18,25,29H,5-6,8,10H2,1-2H3,(H2,24,26,27,28)/t12?,17-,18+/m1/s1. The number of benzene rings is 1. The Morgan fingerprint density at radius 1 is 1.41 bits per heavy atom. The lowest BCUT2D eigenvalue weighted by molar-refractivity contribution is -0.0511. The lowest BCUT2D eigenvalue weighted by Crippen LogP contribution is -2.57. The SMILES string of the molecule is CC1(C)[C@@H](O)C[C@H]1Nc1nc(NCCC2CNc3cc(Cl)ccc32)ncc1C#N. The number of hydrogen-bond donors (Lipinski definition) is 4. The van der Waals surface area contributed by atoms with E-state index >= 15 is 0 Å². The van der Waals surface area contributed by atoms with Gasteiger partial charge in [-0.15, -0.1) is 0 Å². The molecular formula is C21H25ClN6O. The number of aliphatic hydroxyl groups is 1. The zero-order valence-electron chi connectivity index (χ0n) is 16.5. The minimum absolute atomic E-state index is 0.0697. The number of nitrogens with one attached hydrogen (secondary N) is 3. The van der Waals surface area contributed by atoms with Crippen LogP contribution in [0.2, 0.25) is 5.02 Å². The Hall–Kier alpha value is -2.56. The van der Waals surface area contributed by atoms with Crippen molar-refractivity contribution >= 4 is 29.1 Å². The molecule has 4 rings (SSSR count). The van der Waals surface area contributed by atoms with E-state index in [1.807, 2.05) is 26.0 Å². The first kappa shape index (κ1) is 19.7. The molecular weight excluding hydrogens is 388 g/mol. The molecule has 1 aromatic heterocycles. The van der Waals surface area contributed by atoms with Crippen LogP contribution >= 0.6 is 11.6 Å². The van der Waals surface area contributed by atoms with Gasteiger partial charge >= 0.3 is 0 Å². The van der Waals surface area contributed by atoms with Crippen LogP contribution in [-0.2, 0) is 0 Å². The molecule has 4 N–H and O–H groups in total. The largest absolute Gasteiger partial charge is 0.392 e. The number of fused-ring (bicyclic) bond motifs is 1. The Kier molecular flexibility index (Phi) is 5.24. The maximum atomic E-state index is 9.95. The van der Waals surface area contributed by atoms with E-state index in [1.165, 1.54) is 11.8 Å². The van der Waals surface area contributed by atoms with Crippen LogP contribution in [0.1, 0.15) is 43.7 Å². The summed E-state index contributed by atoms with van der Waals surface area (Å²) in [5.74, 6) is 1.41. The van der Waals surface area contributed by atoms with Crippen LogP contribution in [0.4, 0.5) is 17.5 Å². The van der Waals surface area contributed by atoms with Gasteiger partial charge < -0.3 is 21.1 Å². The molecule has 0 amide bonds. The Balaban J connectivity index is 1.38. The molecule has 0 radical (unpaired) electrons. The smallest absolute Gasteiger partial charge is 0.224 e. The van der Waals surface area contributed by atoms with E-state index in [0.717, 1.165) is 23.7 Å². The lowest BCUT2D eigenvalue weighted by atomic mass is 9.64. The maximum Gasteiger partial charge on any atom is 0.224 e. The molecule has 2 aliphatic rings. The fraction of sp³-hybridized carbons (Fsp3) is 0.476. The number of nitrogens with zero attached hydrogens (tertiary/aromatic N) is 3. The van der Waals surface area contributed by atoms with Gasteiger partial charge in [-0.1, -0.05) is 31.5 Å². The summed E-state index contributed by atoms with van der Waals surface area (Å²) in [6, 6.07) is 8.17. The fourth-order valence-corrected chi connectivity index (χ4v) is 4.14. The van der Waals surface area contributed by atoms with Crippen molar-refractivity contribution in [3.8, 4) is 6.07 Å². The summed E-state index contributed by atoms with van der Waals surface area (Å²) in [6.45, 7) is 5.61. The van der Waals surface area contributed by atoms with Gasteiger partial charge in [-0.25, -0.2) is 4.98 Å². The molecule has 1 aromatic carbocycles. The average molecular weight is 413 g/mol. The van der Waals surface area contributed by atoms with E-state index in [1.54, 1.807) is 0 Å². The normalized spacial score (nSPS) is 24.0. The highest BCUT2D eigenvalue weighted by Crippen LogP contribution is 2.42. The van der Waals surface area contributed by atoms with Gasteiger partial charge in [0.1, 0.15) is 17.5 Å². The summed E-state index contributed by atoms with van der Waals surface area (Å²) in [5.41, 5.74) is 2.54. The molecule has 7 nitrogen and oxygen atoms in total. The van der Waals surface area contributed by atoms with Crippen LogP contribution in [0.5, 0.6) is 0 Å². The number of hydrogen-bond acceptors (Lipinski definition) is 7. The van der Waals surface area contributed by atoms with Crippen LogP contribution in [0, 0.1) is 16.7 Å². The van der Waals surface area contributed by atoms with Crippen LogP contribution in [-0.4, -0.2) is 40.3 Å². The molecule has 0 bridgehead atoms. The molecule has 1 fully saturated rings. The molecule has 3 atom stereocenters. The Bertz CT molecular complexity index is 957. The molecule has 1 aliphatic heterocycles. The molecule has 1 saturated carbocycles. The van der Waals surface area contributed by atoms with Crippen molar-refractivity contribution in [2.24, 2.45) is 5.41 Å². The number of rotatable bonds is 6. The van der Waals surface area contributed by atoms with Gasteiger partial charge in [0, 0.05) is 41.2 Å². The topological polar surface area (TPSA) is 106 Å². The van der Waals surface area contributed by atoms with Crippen molar-refractivity contribution in [3.63, 3.8) is 0 Å². The van der Waals surface area contributed by atoms with E-state index < -0.39 is 0 Å². The third-order valence-electron chi connectivity index (χ3n) is 6.21. The maximum absolute atomic E-state index is 9.95. The van der Waals surface area contributed by atoms with E-state index in [2.05, 4.69) is 38.1 Å². The predicted octanol–water partition coefficient (Wildman–Crippen LogP) is 3.58. The van der Waals surface area contributed by atoms with Crippen molar-refractivity contribution in [2.75, 3.05) is 29.0 Å². The Labute approximate surface area is 175 Å². The molecule has 1 unspecified atom stereocenters. The third kappa shape index (κ3) is 3.83. The van der Waals surface area contributed by atoms with Gasteiger partial charge in [0.25, 0.3) is 0 Å². The quantitative estimate of drug-likeness (QED) is 0.574. The second-order valence-corrected chi connectivity index (χ2v) is 8.80. The molecule has 29 heavy (non-hydrogen) atoms. The summed E-state index contributed by atoms with van der Waals surface area (Å²) in [4.78, 5) is 8.77. The summed E-state index contributed by atoms with van der Waals surface area (Å²) in [7, 11) is 0. The Morgan fingerprint density at radius 2 is 2.24 bits per heavy atom. The van der Waals surface area contributed by atoms with E-state index in [4.69, 9.17) is 11.6 Å². The third-order valence-corrected chi connectivity index (χ3v) is 6.44. The number of nitriles is 1. The van der Waals surface area contributed by atoms with Crippen LogP contribution in [0.3, 0.4) is 0 Å². The first-order valence-corrected chi connectivity index (χ1v) is 10.2. The number of aromatic nitrogens is 2. The first-order valence-electron chi connectivity index (χ1n) is 9.87. The first-order chi connectivity index (χ1) is 13.9.